The number of para-hydroxylation sites is 1. The molecule has 0 saturated carbocycles. The minimum Gasteiger partial charge on any atom is -0.454 e. The molecule has 0 fully saturated rings. The van der Waals surface area contributed by atoms with Crippen LogP contribution >= 0.6 is 11.3 Å². The minimum absolute atomic E-state index is 0.472. The highest BCUT2D eigenvalue weighted by Gasteiger charge is 2.08. The Morgan fingerprint density at radius 3 is 2.95 bits per heavy atom. The summed E-state index contributed by atoms with van der Waals surface area (Å²) in [6, 6.07) is 13.2. The van der Waals surface area contributed by atoms with Crippen molar-refractivity contribution in [3.8, 4) is 11.5 Å². The van der Waals surface area contributed by atoms with Crippen molar-refractivity contribution in [1.29, 1.82) is 0 Å². The van der Waals surface area contributed by atoms with Crippen molar-refractivity contribution in [2.45, 2.75) is 0 Å². The molecule has 0 aliphatic carbocycles. The number of pyridine rings is 1. The number of fused-ring (bicyclic) bond motifs is 2. The van der Waals surface area contributed by atoms with E-state index >= 15 is 0 Å². The van der Waals surface area contributed by atoms with Crippen LogP contribution in [-0.2, 0) is 0 Å². The first-order chi connectivity index (χ1) is 10.3. The zero-order valence-corrected chi connectivity index (χ0v) is 11.7. The van der Waals surface area contributed by atoms with Crippen LogP contribution in [0.1, 0.15) is 0 Å². The van der Waals surface area contributed by atoms with E-state index in [1.807, 2.05) is 48.0 Å². The van der Waals surface area contributed by atoms with Gasteiger partial charge in [0.05, 0.1) is 0 Å². The Labute approximate surface area is 123 Å². The molecule has 0 unspecified atom stereocenters. The molecule has 0 bridgehead atoms. The maximum absolute atomic E-state index is 9.21. The first kappa shape index (κ1) is 12.1. The third kappa shape index (κ3) is 1.98. The first-order valence-corrected chi connectivity index (χ1v) is 7.28. The van der Waals surface area contributed by atoms with Gasteiger partial charge in [-0.15, -0.1) is 11.3 Å². The number of thiophene rings is 1. The molecule has 0 amide bonds. The summed E-state index contributed by atoms with van der Waals surface area (Å²) in [4.78, 5) is 4.42. The first-order valence-electron chi connectivity index (χ1n) is 6.40. The Morgan fingerprint density at radius 1 is 1.14 bits per heavy atom. The largest absolute Gasteiger partial charge is 0.454 e. The van der Waals surface area contributed by atoms with Gasteiger partial charge in [-0.1, -0.05) is 17.3 Å². The number of rotatable bonds is 1. The molecule has 0 atom stereocenters. The SMILES string of the molecule is O/N=c1/cc(-c2cc3sccc3cn2)oc2ccccc12. The molecule has 0 radical (unpaired) electrons. The molecule has 1 N–H and O–H groups in total. The lowest BCUT2D eigenvalue weighted by Crippen LogP contribution is -2.03. The van der Waals surface area contributed by atoms with Gasteiger partial charge in [0.2, 0.25) is 0 Å². The summed E-state index contributed by atoms with van der Waals surface area (Å²) in [6.07, 6.45) is 1.82. The van der Waals surface area contributed by atoms with Gasteiger partial charge in [0, 0.05) is 27.7 Å². The Bertz CT molecular complexity index is 1020. The van der Waals surface area contributed by atoms with E-state index in [0.29, 0.717) is 16.7 Å². The van der Waals surface area contributed by atoms with Gasteiger partial charge in [-0.05, 0) is 29.6 Å². The summed E-state index contributed by atoms with van der Waals surface area (Å²) in [7, 11) is 0. The van der Waals surface area contributed by atoms with Crippen LogP contribution in [0.15, 0.2) is 63.6 Å². The Balaban J connectivity index is 2.01. The van der Waals surface area contributed by atoms with Crippen molar-refractivity contribution in [1.82, 2.24) is 4.98 Å². The fourth-order valence-corrected chi connectivity index (χ4v) is 3.11. The highest BCUT2D eigenvalue weighted by atomic mass is 32.1. The van der Waals surface area contributed by atoms with Gasteiger partial charge < -0.3 is 9.62 Å². The average molecular weight is 294 g/mol. The van der Waals surface area contributed by atoms with Crippen LogP contribution in [0.2, 0.25) is 0 Å². The lowest BCUT2D eigenvalue weighted by Gasteiger charge is -2.03. The lowest BCUT2D eigenvalue weighted by molar-refractivity contribution is 0.302. The Hall–Kier alpha value is -2.66. The third-order valence-electron chi connectivity index (χ3n) is 3.35. The normalized spacial score (nSPS) is 12.3. The Morgan fingerprint density at radius 2 is 2.05 bits per heavy atom. The van der Waals surface area contributed by atoms with Gasteiger partial charge >= 0.3 is 0 Å². The summed E-state index contributed by atoms with van der Waals surface area (Å²) in [5.74, 6) is 0.580. The molecule has 1 aromatic carbocycles. The monoisotopic (exact) mass is 294 g/mol. The molecule has 4 aromatic rings. The standard InChI is InChI=1S/C16H10N2O2S/c19-18-12-7-15(20-14-4-2-1-3-11(12)14)13-8-16-10(9-17-13)5-6-21-16/h1-9,19H/b18-12-. The highest BCUT2D eigenvalue weighted by Crippen LogP contribution is 2.26. The fourth-order valence-electron chi connectivity index (χ4n) is 2.32. The van der Waals surface area contributed by atoms with Crippen LogP contribution in [-0.4, -0.2) is 10.2 Å². The molecule has 4 rings (SSSR count). The molecule has 3 aromatic heterocycles. The van der Waals surface area contributed by atoms with E-state index in [-0.39, 0.29) is 0 Å². The van der Waals surface area contributed by atoms with Crippen LogP contribution in [0.5, 0.6) is 0 Å². The van der Waals surface area contributed by atoms with Gasteiger partial charge in [-0.25, -0.2) is 0 Å². The fraction of sp³-hybridized carbons (Fsp3) is 0. The van der Waals surface area contributed by atoms with Crippen molar-refractivity contribution in [3.05, 3.63) is 59.4 Å². The maximum atomic E-state index is 9.21. The predicted octanol–water partition coefficient (Wildman–Crippen LogP) is 4.00. The molecule has 4 nitrogen and oxygen atoms in total. The molecular formula is C16H10N2O2S. The number of aromatic nitrogens is 1. The zero-order valence-electron chi connectivity index (χ0n) is 10.9. The van der Waals surface area contributed by atoms with Gasteiger partial charge in [-0.2, -0.15) is 0 Å². The molecule has 3 heterocycles. The number of nitrogens with zero attached hydrogens (tertiary/aromatic N) is 2. The van der Waals surface area contributed by atoms with Gasteiger partial charge in [0.1, 0.15) is 16.6 Å². The second-order valence-electron chi connectivity index (χ2n) is 4.62. The molecule has 0 aliphatic rings. The van der Waals surface area contributed by atoms with E-state index in [2.05, 4.69) is 10.1 Å². The van der Waals surface area contributed by atoms with Gasteiger partial charge in [0.15, 0.2) is 5.76 Å². The number of hydrogen-bond acceptors (Lipinski definition) is 5. The van der Waals surface area contributed by atoms with Crippen molar-refractivity contribution in [2.75, 3.05) is 0 Å². The molecule has 0 aliphatic heterocycles. The zero-order chi connectivity index (χ0) is 14.2. The molecule has 5 heteroatoms. The second kappa shape index (κ2) is 4.71. The lowest BCUT2D eigenvalue weighted by atomic mass is 10.2. The topological polar surface area (TPSA) is 58.6 Å². The summed E-state index contributed by atoms with van der Waals surface area (Å²) in [5, 5.41) is 16.9. The quantitative estimate of drug-likeness (QED) is 0.426. The summed E-state index contributed by atoms with van der Waals surface area (Å²) < 4.78 is 7.03. The van der Waals surface area contributed by atoms with E-state index in [1.54, 1.807) is 17.4 Å². The second-order valence-corrected chi connectivity index (χ2v) is 5.57. The van der Waals surface area contributed by atoms with E-state index in [1.165, 1.54) is 0 Å². The number of hydrogen-bond donors (Lipinski definition) is 1. The van der Waals surface area contributed by atoms with Crippen molar-refractivity contribution in [3.63, 3.8) is 0 Å². The molecule has 102 valence electrons. The van der Waals surface area contributed by atoms with Crippen LogP contribution < -0.4 is 5.36 Å². The van der Waals surface area contributed by atoms with Crippen LogP contribution in [0.3, 0.4) is 0 Å². The summed E-state index contributed by atoms with van der Waals surface area (Å²) in [5.41, 5.74) is 1.39. The third-order valence-corrected chi connectivity index (χ3v) is 4.23. The van der Waals surface area contributed by atoms with Crippen LogP contribution in [0.25, 0.3) is 32.5 Å². The smallest absolute Gasteiger partial charge is 0.155 e. The van der Waals surface area contributed by atoms with Gasteiger partial charge in [-0.3, -0.25) is 4.98 Å². The van der Waals surface area contributed by atoms with Crippen molar-refractivity contribution in [2.24, 2.45) is 5.16 Å². The summed E-state index contributed by atoms with van der Waals surface area (Å²) >= 11 is 1.66. The van der Waals surface area contributed by atoms with Crippen LogP contribution in [0.4, 0.5) is 0 Å². The molecule has 0 spiro atoms. The maximum Gasteiger partial charge on any atom is 0.155 e. The van der Waals surface area contributed by atoms with Crippen molar-refractivity contribution >= 4 is 32.4 Å². The van der Waals surface area contributed by atoms with E-state index in [9.17, 15) is 5.21 Å². The predicted molar refractivity (Wildman–Crippen MR) is 82.2 cm³/mol. The molecular weight excluding hydrogens is 284 g/mol. The minimum atomic E-state index is 0.472. The molecule has 0 saturated heterocycles. The van der Waals surface area contributed by atoms with E-state index in [4.69, 9.17) is 4.42 Å². The summed E-state index contributed by atoms with van der Waals surface area (Å²) in [6.45, 7) is 0. The number of benzene rings is 1. The molecule has 21 heavy (non-hydrogen) atoms. The Kier molecular flexibility index (Phi) is 2.72. The van der Waals surface area contributed by atoms with Gasteiger partial charge in [0.25, 0.3) is 0 Å². The van der Waals surface area contributed by atoms with Crippen LogP contribution in [0, 0.1) is 0 Å². The average Bonchev–Trinajstić information content (AvgIpc) is 3.01. The van der Waals surface area contributed by atoms with E-state index in [0.717, 1.165) is 21.2 Å². The van der Waals surface area contributed by atoms with E-state index < -0.39 is 0 Å². The van der Waals surface area contributed by atoms with Crippen molar-refractivity contribution < 1.29 is 9.62 Å². The highest BCUT2D eigenvalue weighted by molar-refractivity contribution is 7.17.